The summed E-state index contributed by atoms with van der Waals surface area (Å²) in [6, 6.07) is 3.89. The summed E-state index contributed by atoms with van der Waals surface area (Å²) >= 11 is 1.65. The molecule has 0 saturated carbocycles. The van der Waals surface area contributed by atoms with Crippen molar-refractivity contribution < 1.29 is 4.79 Å². The maximum atomic E-state index is 11.9. The topological polar surface area (TPSA) is 44.9 Å². The van der Waals surface area contributed by atoms with Crippen LogP contribution in [0, 0.1) is 13.8 Å². The Kier molecular flexibility index (Phi) is 3.10. The molecule has 16 heavy (non-hydrogen) atoms. The lowest BCUT2D eigenvalue weighted by molar-refractivity contribution is 0.0951. The van der Waals surface area contributed by atoms with Crippen LogP contribution in [0.4, 0.5) is 0 Å². The fourth-order valence-corrected chi connectivity index (χ4v) is 2.52. The molecule has 2 N–H and O–H groups in total. The average molecular weight is 234 g/mol. The Morgan fingerprint density at radius 3 is 2.88 bits per heavy atom. The number of aromatic amines is 1. The maximum absolute atomic E-state index is 11.9. The van der Waals surface area contributed by atoms with Gasteiger partial charge in [0.25, 0.3) is 5.91 Å². The molecule has 84 valence electrons. The summed E-state index contributed by atoms with van der Waals surface area (Å²) < 4.78 is 0. The molecule has 0 spiro atoms. The van der Waals surface area contributed by atoms with Crippen LogP contribution in [0.2, 0.25) is 0 Å². The first kappa shape index (κ1) is 11.0. The van der Waals surface area contributed by atoms with Gasteiger partial charge >= 0.3 is 0 Å². The molecule has 0 unspecified atom stereocenters. The van der Waals surface area contributed by atoms with Crippen LogP contribution >= 0.6 is 11.3 Å². The number of aryl methyl sites for hydroxylation is 2. The van der Waals surface area contributed by atoms with Gasteiger partial charge in [-0.05, 0) is 31.5 Å². The Morgan fingerprint density at radius 2 is 2.31 bits per heavy atom. The second kappa shape index (κ2) is 4.53. The highest BCUT2D eigenvalue weighted by atomic mass is 32.1. The summed E-state index contributed by atoms with van der Waals surface area (Å²) in [5, 5.41) is 2.90. The molecule has 3 nitrogen and oxygen atoms in total. The second-order valence-corrected chi connectivity index (χ2v) is 5.19. The van der Waals surface area contributed by atoms with Crippen molar-refractivity contribution in [2.45, 2.75) is 20.4 Å². The van der Waals surface area contributed by atoms with Crippen molar-refractivity contribution in [1.82, 2.24) is 10.3 Å². The maximum Gasteiger partial charge on any atom is 0.252 e. The van der Waals surface area contributed by atoms with E-state index >= 15 is 0 Å². The highest BCUT2D eigenvalue weighted by molar-refractivity contribution is 7.12. The van der Waals surface area contributed by atoms with Crippen molar-refractivity contribution in [3.63, 3.8) is 0 Å². The van der Waals surface area contributed by atoms with Crippen molar-refractivity contribution in [3.05, 3.63) is 45.4 Å². The highest BCUT2D eigenvalue weighted by Crippen LogP contribution is 2.20. The molecule has 0 aliphatic carbocycles. The molecule has 0 aromatic carbocycles. The number of nitrogens with one attached hydrogen (secondary N) is 2. The lowest BCUT2D eigenvalue weighted by Crippen LogP contribution is -2.22. The minimum atomic E-state index is 0.00282. The predicted molar refractivity (Wildman–Crippen MR) is 65.8 cm³/mol. The molecule has 0 bridgehead atoms. The fourth-order valence-electron chi connectivity index (χ4n) is 1.60. The number of amides is 1. The molecule has 0 atom stereocenters. The first-order valence-corrected chi connectivity index (χ1v) is 5.95. The Bertz CT molecular complexity index is 485. The summed E-state index contributed by atoms with van der Waals surface area (Å²) in [5.41, 5.74) is 1.87. The zero-order valence-corrected chi connectivity index (χ0v) is 10.1. The largest absolute Gasteiger partial charge is 0.367 e. The van der Waals surface area contributed by atoms with Crippen molar-refractivity contribution in [1.29, 1.82) is 0 Å². The molecule has 2 rings (SSSR count). The molecular weight excluding hydrogens is 220 g/mol. The minimum Gasteiger partial charge on any atom is -0.367 e. The number of carbonyl (C=O) groups is 1. The summed E-state index contributed by atoms with van der Waals surface area (Å²) in [6.45, 7) is 4.56. The summed E-state index contributed by atoms with van der Waals surface area (Å²) in [4.78, 5) is 17.1. The average Bonchev–Trinajstić information content (AvgIpc) is 2.84. The van der Waals surface area contributed by atoms with Crippen LogP contribution in [0.5, 0.6) is 0 Å². The molecule has 1 amide bonds. The standard InChI is InChI=1S/C12H14N2OS/c1-8-5-11(9(2)16-8)12(15)14-7-10-3-4-13-6-10/h3-6,13H,7H2,1-2H3,(H,14,15). The molecule has 2 aromatic heterocycles. The predicted octanol–water partition coefficient (Wildman–Crippen LogP) is 2.62. The van der Waals surface area contributed by atoms with Crippen LogP contribution in [-0.2, 0) is 6.54 Å². The van der Waals surface area contributed by atoms with Gasteiger partial charge in [-0.15, -0.1) is 11.3 Å². The van der Waals surface area contributed by atoms with E-state index in [0.29, 0.717) is 6.54 Å². The number of hydrogen-bond acceptors (Lipinski definition) is 2. The Hall–Kier alpha value is -1.55. The van der Waals surface area contributed by atoms with Crippen LogP contribution in [0.1, 0.15) is 25.7 Å². The first-order valence-electron chi connectivity index (χ1n) is 5.13. The van der Waals surface area contributed by atoms with Gasteiger partial charge in [0.05, 0.1) is 5.56 Å². The lowest BCUT2D eigenvalue weighted by atomic mass is 10.2. The zero-order valence-electron chi connectivity index (χ0n) is 9.33. The third-order valence-electron chi connectivity index (χ3n) is 2.40. The second-order valence-electron chi connectivity index (χ2n) is 3.73. The zero-order chi connectivity index (χ0) is 11.5. The number of thiophene rings is 1. The van der Waals surface area contributed by atoms with Gasteiger partial charge in [0.2, 0.25) is 0 Å². The van der Waals surface area contributed by atoms with Crippen molar-refractivity contribution in [2.24, 2.45) is 0 Å². The molecule has 0 saturated heterocycles. The van der Waals surface area contributed by atoms with Crippen LogP contribution in [0.25, 0.3) is 0 Å². The summed E-state index contributed by atoms with van der Waals surface area (Å²) in [6.07, 6.45) is 3.73. The van der Waals surface area contributed by atoms with Crippen LogP contribution in [0.3, 0.4) is 0 Å². The Balaban J connectivity index is 2.01. The fraction of sp³-hybridized carbons (Fsp3) is 0.250. The van der Waals surface area contributed by atoms with E-state index in [1.165, 1.54) is 4.88 Å². The van der Waals surface area contributed by atoms with Gasteiger partial charge in [-0.1, -0.05) is 0 Å². The highest BCUT2D eigenvalue weighted by Gasteiger charge is 2.11. The smallest absolute Gasteiger partial charge is 0.252 e. The van der Waals surface area contributed by atoms with E-state index in [4.69, 9.17) is 0 Å². The first-order chi connectivity index (χ1) is 7.66. The third kappa shape index (κ3) is 2.33. The van der Waals surface area contributed by atoms with E-state index < -0.39 is 0 Å². The summed E-state index contributed by atoms with van der Waals surface area (Å²) in [7, 11) is 0. The van der Waals surface area contributed by atoms with Gasteiger partial charge in [0.15, 0.2) is 0 Å². The number of H-pyrrole nitrogens is 1. The number of hydrogen-bond donors (Lipinski definition) is 2. The SMILES string of the molecule is Cc1cc(C(=O)NCc2cc[nH]c2)c(C)s1. The minimum absolute atomic E-state index is 0.00282. The molecular formula is C12H14N2OS. The van der Waals surface area contributed by atoms with Crippen LogP contribution in [0.15, 0.2) is 24.5 Å². The summed E-state index contributed by atoms with van der Waals surface area (Å²) in [5.74, 6) is 0.00282. The normalized spacial score (nSPS) is 10.4. The van der Waals surface area contributed by atoms with Crippen molar-refractivity contribution >= 4 is 17.2 Å². The number of aromatic nitrogens is 1. The molecule has 2 aromatic rings. The van der Waals surface area contributed by atoms with Crippen LogP contribution < -0.4 is 5.32 Å². The van der Waals surface area contributed by atoms with E-state index in [1.54, 1.807) is 11.3 Å². The van der Waals surface area contributed by atoms with Gasteiger partial charge < -0.3 is 10.3 Å². The lowest BCUT2D eigenvalue weighted by Gasteiger charge is -2.02. The molecule has 0 radical (unpaired) electrons. The Morgan fingerprint density at radius 1 is 1.50 bits per heavy atom. The number of rotatable bonds is 3. The van der Waals surface area contributed by atoms with Gasteiger partial charge in [-0.2, -0.15) is 0 Å². The Labute approximate surface area is 98.5 Å². The third-order valence-corrected chi connectivity index (χ3v) is 3.37. The van der Waals surface area contributed by atoms with Gasteiger partial charge in [0.1, 0.15) is 0 Å². The van der Waals surface area contributed by atoms with Gasteiger partial charge in [-0.25, -0.2) is 0 Å². The van der Waals surface area contributed by atoms with Crippen LogP contribution in [-0.4, -0.2) is 10.9 Å². The van der Waals surface area contributed by atoms with Gasteiger partial charge in [-0.3, -0.25) is 4.79 Å². The molecule has 4 heteroatoms. The molecule has 0 aliphatic rings. The van der Waals surface area contributed by atoms with Crippen molar-refractivity contribution in [2.75, 3.05) is 0 Å². The van der Waals surface area contributed by atoms with E-state index in [9.17, 15) is 4.79 Å². The van der Waals surface area contributed by atoms with Gasteiger partial charge in [0, 0.05) is 28.7 Å². The monoisotopic (exact) mass is 234 g/mol. The molecule has 2 heterocycles. The van der Waals surface area contributed by atoms with E-state index in [2.05, 4.69) is 10.3 Å². The van der Waals surface area contributed by atoms with E-state index in [0.717, 1.165) is 16.0 Å². The number of carbonyl (C=O) groups excluding carboxylic acids is 1. The van der Waals surface area contributed by atoms with E-state index in [1.807, 2.05) is 38.4 Å². The quantitative estimate of drug-likeness (QED) is 0.842. The molecule has 0 fully saturated rings. The van der Waals surface area contributed by atoms with Crippen molar-refractivity contribution in [3.8, 4) is 0 Å². The molecule has 0 aliphatic heterocycles. The van der Waals surface area contributed by atoms with E-state index in [-0.39, 0.29) is 5.91 Å².